The van der Waals surface area contributed by atoms with Gasteiger partial charge in [-0.2, -0.15) is 0 Å². The van der Waals surface area contributed by atoms with Gasteiger partial charge in [0.2, 0.25) is 5.91 Å². The molecule has 0 saturated carbocycles. The summed E-state index contributed by atoms with van der Waals surface area (Å²) in [5.41, 5.74) is 1.42. The number of aryl methyl sites for hydroxylation is 1. The Bertz CT molecular complexity index is 596. The highest BCUT2D eigenvalue weighted by Gasteiger charge is 2.25. The van der Waals surface area contributed by atoms with E-state index >= 15 is 0 Å². The van der Waals surface area contributed by atoms with Crippen molar-refractivity contribution in [2.75, 3.05) is 33.3 Å². The van der Waals surface area contributed by atoms with Crippen molar-refractivity contribution in [1.82, 2.24) is 9.80 Å². The molecular formula is C17H23ClN2O3. The third kappa shape index (κ3) is 3.96. The maximum absolute atomic E-state index is 12.7. The summed E-state index contributed by atoms with van der Waals surface area (Å²) >= 11 is 6.14. The smallest absolute Gasteiger partial charge is 0.254 e. The molecule has 6 heteroatoms. The highest BCUT2D eigenvalue weighted by Crippen LogP contribution is 2.28. The molecule has 1 aliphatic rings. The van der Waals surface area contributed by atoms with Crippen LogP contribution < -0.4 is 4.74 Å². The lowest BCUT2D eigenvalue weighted by Crippen LogP contribution is -2.50. The van der Waals surface area contributed by atoms with Crippen LogP contribution in [0.2, 0.25) is 5.02 Å². The lowest BCUT2D eigenvalue weighted by atomic mass is 10.1. The molecule has 126 valence electrons. The van der Waals surface area contributed by atoms with E-state index < -0.39 is 0 Å². The molecular weight excluding hydrogens is 316 g/mol. The molecule has 1 fully saturated rings. The summed E-state index contributed by atoms with van der Waals surface area (Å²) < 4.78 is 5.17. The molecule has 0 atom stereocenters. The number of halogens is 1. The Morgan fingerprint density at radius 3 is 2.35 bits per heavy atom. The first-order valence-corrected chi connectivity index (χ1v) is 8.27. The number of amides is 2. The molecule has 2 amide bonds. The van der Waals surface area contributed by atoms with E-state index in [2.05, 4.69) is 0 Å². The van der Waals surface area contributed by atoms with Gasteiger partial charge in [-0.15, -0.1) is 0 Å². The summed E-state index contributed by atoms with van der Waals surface area (Å²) in [6.45, 7) is 6.15. The van der Waals surface area contributed by atoms with Crippen molar-refractivity contribution < 1.29 is 14.3 Å². The number of methoxy groups -OCH3 is 1. The molecule has 0 bridgehead atoms. The quantitative estimate of drug-likeness (QED) is 0.848. The molecule has 1 aliphatic heterocycles. The fourth-order valence-corrected chi connectivity index (χ4v) is 2.98. The fraction of sp³-hybridized carbons (Fsp3) is 0.529. The third-order valence-electron chi connectivity index (χ3n) is 4.11. The molecule has 1 aromatic carbocycles. The topological polar surface area (TPSA) is 49.9 Å². The van der Waals surface area contributed by atoms with Crippen molar-refractivity contribution in [3.8, 4) is 5.75 Å². The van der Waals surface area contributed by atoms with E-state index in [1.165, 1.54) is 0 Å². The number of carbonyl (C=O) groups excluding carboxylic acids is 2. The Morgan fingerprint density at radius 2 is 1.78 bits per heavy atom. The number of nitrogens with zero attached hydrogens (tertiary/aromatic N) is 2. The molecule has 0 aromatic heterocycles. The molecule has 0 unspecified atom stereocenters. The summed E-state index contributed by atoms with van der Waals surface area (Å²) in [5, 5.41) is 0.429. The van der Waals surface area contributed by atoms with Gasteiger partial charge in [-0.25, -0.2) is 0 Å². The Labute approximate surface area is 142 Å². The van der Waals surface area contributed by atoms with E-state index in [-0.39, 0.29) is 11.8 Å². The number of benzene rings is 1. The maximum atomic E-state index is 12.7. The van der Waals surface area contributed by atoms with Gasteiger partial charge >= 0.3 is 0 Å². The first kappa shape index (κ1) is 17.6. The zero-order valence-electron chi connectivity index (χ0n) is 13.9. The minimum Gasteiger partial charge on any atom is -0.495 e. The van der Waals surface area contributed by atoms with Crippen molar-refractivity contribution in [3.05, 3.63) is 28.3 Å². The molecule has 0 aliphatic carbocycles. The highest BCUT2D eigenvalue weighted by atomic mass is 35.5. The van der Waals surface area contributed by atoms with Crippen LogP contribution in [-0.2, 0) is 4.79 Å². The third-order valence-corrected chi connectivity index (χ3v) is 4.41. The van der Waals surface area contributed by atoms with Gasteiger partial charge in [0.1, 0.15) is 5.75 Å². The molecule has 5 nitrogen and oxygen atoms in total. The lowest BCUT2D eigenvalue weighted by molar-refractivity contribution is -0.132. The minimum atomic E-state index is -0.0466. The Kier molecular flexibility index (Phi) is 5.88. The van der Waals surface area contributed by atoms with Gasteiger partial charge in [0.15, 0.2) is 0 Å². The van der Waals surface area contributed by atoms with Gasteiger partial charge in [0.05, 0.1) is 12.1 Å². The molecule has 1 aromatic rings. The summed E-state index contributed by atoms with van der Waals surface area (Å²) in [5.74, 6) is 0.689. The largest absolute Gasteiger partial charge is 0.495 e. The Balaban J connectivity index is 2.05. The van der Waals surface area contributed by atoms with Gasteiger partial charge in [-0.1, -0.05) is 18.5 Å². The Morgan fingerprint density at radius 1 is 1.17 bits per heavy atom. The van der Waals surface area contributed by atoms with E-state index in [1.807, 2.05) is 18.7 Å². The number of hydrogen-bond acceptors (Lipinski definition) is 3. The van der Waals surface area contributed by atoms with Gasteiger partial charge < -0.3 is 14.5 Å². The molecule has 0 spiro atoms. The number of carbonyl (C=O) groups is 2. The zero-order valence-corrected chi connectivity index (χ0v) is 14.7. The van der Waals surface area contributed by atoms with Gasteiger partial charge in [0.25, 0.3) is 5.91 Å². The van der Waals surface area contributed by atoms with E-state index in [4.69, 9.17) is 16.3 Å². The number of hydrogen-bond donors (Lipinski definition) is 0. The zero-order chi connectivity index (χ0) is 17.0. The van der Waals surface area contributed by atoms with Crippen LogP contribution in [0.15, 0.2) is 12.1 Å². The number of piperazine rings is 1. The van der Waals surface area contributed by atoms with E-state index in [1.54, 1.807) is 24.1 Å². The molecule has 1 saturated heterocycles. The highest BCUT2D eigenvalue weighted by molar-refractivity contribution is 6.32. The van der Waals surface area contributed by atoms with Crippen LogP contribution in [0.5, 0.6) is 5.75 Å². The Hall–Kier alpha value is -1.75. The first-order valence-electron chi connectivity index (χ1n) is 7.89. The molecule has 2 rings (SSSR count). The molecule has 0 N–H and O–H groups in total. The van der Waals surface area contributed by atoms with E-state index in [9.17, 15) is 9.59 Å². The van der Waals surface area contributed by atoms with Crippen molar-refractivity contribution in [1.29, 1.82) is 0 Å². The van der Waals surface area contributed by atoms with Crippen molar-refractivity contribution >= 4 is 23.4 Å². The summed E-state index contributed by atoms with van der Waals surface area (Å²) in [7, 11) is 1.55. The fourth-order valence-electron chi connectivity index (χ4n) is 2.74. The van der Waals surface area contributed by atoms with Crippen LogP contribution >= 0.6 is 11.6 Å². The lowest BCUT2D eigenvalue weighted by Gasteiger charge is -2.35. The first-order chi connectivity index (χ1) is 11.0. The van der Waals surface area contributed by atoms with Gasteiger partial charge in [0, 0.05) is 38.2 Å². The van der Waals surface area contributed by atoms with Crippen molar-refractivity contribution in [2.45, 2.75) is 26.7 Å². The van der Waals surface area contributed by atoms with Crippen LogP contribution in [0.1, 0.15) is 35.7 Å². The normalized spacial score (nSPS) is 14.8. The van der Waals surface area contributed by atoms with Crippen LogP contribution in [0.25, 0.3) is 0 Å². The second-order valence-corrected chi connectivity index (χ2v) is 6.13. The second-order valence-electron chi connectivity index (χ2n) is 5.72. The van der Waals surface area contributed by atoms with Crippen LogP contribution in [0, 0.1) is 6.92 Å². The molecule has 0 radical (unpaired) electrons. The van der Waals surface area contributed by atoms with Crippen LogP contribution in [0.4, 0.5) is 0 Å². The average Bonchev–Trinajstić information content (AvgIpc) is 2.56. The van der Waals surface area contributed by atoms with Gasteiger partial charge in [-0.05, 0) is 31.0 Å². The van der Waals surface area contributed by atoms with Crippen LogP contribution in [0.3, 0.4) is 0 Å². The number of ether oxygens (including phenoxy) is 1. The standard InChI is InChI=1S/C17H23ClN2O3/c1-4-5-16(21)19-6-8-20(9-7-19)17(22)13-11-14(18)15(23-3)10-12(13)2/h10-11H,4-9H2,1-3H3. The van der Waals surface area contributed by atoms with Gasteiger partial charge in [-0.3, -0.25) is 9.59 Å². The SMILES string of the molecule is CCCC(=O)N1CCN(C(=O)c2cc(Cl)c(OC)cc2C)CC1. The van der Waals surface area contributed by atoms with Crippen LogP contribution in [-0.4, -0.2) is 54.9 Å². The van der Waals surface area contributed by atoms with E-state index in [0.29, 0.717) is 48.9 Å². The van der Waals surface area contributed by atoms with E-state index in [0.717, 1.165) is 12.0 Å². The summed E-state index contributed by atoms with van der Waals surface area (Å²) in [6.07, 6.45) is 1.42. The summed E-state index contributed by atoms with van der Waals surface area (Å²) in [4.78, 5) is 28.2. The molecule has 1 heterocycles. The summed E-state index contributed by atoms with van der Waals surface area (Å²) in [6, 6.07) is 3.43. The molecule has 23 heavy (non-hydrogen) atoms. The predicted octanol–water partition coefficient (Wildman–Crippen LogP) is 2.74. The second kappa shape index (κ2) is 7.68. The monoisotopic (exact) mass is 338 g/mol. The van der Waals surface area contributed by atoms with Crippen molar-refractivity contribution in [3.63, 3.8) is 0 Å². The van der Waals surface area contributed by atoms with Crippen molar-refractivity contribution in [2.24, 2.45) is 0 Å². The number of rotatable bonds is 4. The minimum absolute atomic E-state index is 0.0466. The maximum Gasteiger partial charge on any atom is 0.254 e. The average molecular weight is 339 g/mol. The predicted molar refractivity (Wildman–Crippen MR) is 90.1 cm³/mol.